The number of fused-ring (bicyclic) bond motifs is 2. The van der Waals surface area contributed by atoms with Crippen molar-refractivity contribution in [3.63, 3.8) is 0 Å². The number of ether oxygens (including phenoxy) is 1. The van der Waals surface area contributed by atoms with Gasteiger partial charge in [-0.05, 0) is 42.0 Å². The molecule has 0 spiro atoms. The van der Waals surface area contributed by atoms with E-state index in [0.29, 0.717) is 19.1 Å². The van der Waals surface area contributed by atoms with Crippen molar-refractivity contribution in [2.45, 2.75) is 51.6 Å². The number of nitrogens with one attached hydrogen (secondary N) is 2. The Hall–Kier alpha value is -3.13. The molecule has 4 heterocycles. The Balaban J connectivity index is 1.59. The SMILES string of the molecule is CN/C=C(\C=N)c1ccc2c(c1)[C@@H](C)CCN2c1nn([C@H]2CCOC2)c2c1CN(C(C)=O)CC2. The van der Waals surface area contributed by atoms with Crippen molar-refractivity contribution in [1.29, 1.82) is 5.41 Å². The Kier molecular flexibility index (Phi) is 6.16. The highest BCUT2D eigenvalue weighted by Crippen LogP contribution is 2.43. The summed E-state index contributed by atoms with van der Waals surface area (Å²) in [7, 11) is 1.85. The predicted molar refractivity (Wildman–Crippen MR) is 134 cm³/mol. The van der Waals surface area contributed by atoms with Crippen LogP contribution < -0.4 is 10.2 Å². The number of anilines is 2. The minimum atomic E-state index is 0.112. The molecular formula is C26H34N6O2. The Morgan fingerprint density at radius 2 is 2.15 bits per heavy atom. The summed E-state index contributed by atoms with van der Waals surface area (Å²) in [6.45, 7) is 7.63. The van der Waals surface area contributed by atoms with Crippen LogP contribution in [0.4, 0.5) is 11.5 Å². The number of hydrogen-bond donors (Lipinski definition) is 2. The molecule has 3 aliphatic rings. The van der Waals surface area contributed by atoms with E-state index in [-0.39, 0.29) is 11.9 Å². The van der Waals surface area contributed by atoms with Gasteiger partial charge in [0.1, 0.15) is 0 Å². The number of nitrogens with zero attached hydrogens (tertiary/aromatic N) is 4. The molecule has 2 atom stereocenters. The lowest BCUT2D eigenvalue weighted by Crippen LogP contribution is -2.36. The normalized spacial score (nSPS) is 22.4. The zero-order valence-corrected chi connectivity index (χ0v) is 20.3. The number of benzene rings is 1. The summed E-state index contributed by atoms with van der Waals surface area (Å²) in [4.78, 5) is 16.5. The van der Waals surface area contributed by atoms with Crippen LogP contribution in [-0.4, -0.2) is 60.2 Å². The first-order chi connectivity index (χ1) is 16.5. The van der Waals surface area contributed by atoms with Gasteiger partial charge < -0.3 is 25.3 Å². The van der Waals surface area contributed by atoms with Crippen LogP contribution in [-0.2, 0) is 22.5 Å². The monoisotopic (exact) mass is 462 g/mol. The molecule has 0 bridgehead atoms. The van der Waals surface area contributed by atoms with Crippen molar-refractivity contribution >= 4 is 29.2 Å². The van der Waals surface area contributed by atoms with Crippen LogP contribution in [0.5, 0.6) is 0 Å². The summed E-state index contributed by atoms with van der Waals surface area (Å²) in [6, 6.07) is 6.74. The van der Waals surface area contributed by atoms with Crippen LogP contribution in [0, 0.1) is 5.41 Å². The molecule has 1 amide bonds. The van der Waals surface area contributed by atoms with Gasteiger partial charge in [0.15, 0.2) is 5.82 Å². The third-order valence-electron chi connectivity index (χ3n) is 7.44. The van der Waals surface area contributed by atoms with Crippen LogP contribution in [0.2, 0.25) is 0 Å². The molecule has 34 heavy (non-hydrogen) atoms. The fourth-order valence-electron chi connectivity index (χ4n) is 5.49. The summed E-state index contributed by atoms with van der Waals surface area (Å²) < 4.78 is 7.88. The standard InChI is InChI=1S/C26H34N6O2/c1-17-6-10-31(24-5-4-19(12-22(17)24)20(13-27)14-28-3)26-23-15-30(18(2)33)9-7-25(23)32(29-26)21-8-11-34-16-21/h4-5,12-14,17,21,27-28H,6-11,15-16H2,1-3H3/b20-14+,27-13?/t17-,21-/m0/s1. The Labute approximate surface area is 201 Å². The molecule has 1 aromatic carbocycles. The Bertz CT molecular complexity index is 1130. The molecule has 2 N–H and O–H groups in total. The minimum Gasteiger partial charge on any atom is -0.393 e. The zero-order chi connectivity index (χ0) is 23.8. The Morgan fingerprint density at radius 3 is 2.85 bits per heavy atom. The van der Waals surface area contributed by atoms with Crippen LogP contribution in [0.15, 0.2) is 24.4 Å². The summed E-state index contributed by atoms with van der Waals surface area (Å²) in [6.07, 6.45) is 6.08. The Morgan fingerprint density at radius 1 is 1.29 bits per heavy atom. The molecule has 3 aliphatic heterocycles. The van der Waals surface area contributed by atoms with Gasteiger partial charge in [-0.3, -0.25) is 9.48 Å². The lowest BCUT2D eigenvalue weighted by atomic mass is 9.88. The highest BCUT2D eigenvalue weighted by atomic mass is 16.5. The lowest BCUT2D eigenvalue weighted by Gasteiger charge is -2.35. The summed E-state index contributed by atoms with van der Waals surface area (Å²) >= 11 is 0. The topological polar surface area (TPSA) is 86.5 Å². The predicted octanol–water partition coefficient (Wildman–Crippen LogP) is 3.60. The summed E-state index contributed by atoms with van der Waals surface area (Å²) in [5.41, 5.74) is 6.77. The van der Waals surface area contributed by atoms with E-state index in [1.54, 1.807) is 6.92 Å². The van der Waals surface area contributed by atoms with E-state index in [4.69, 9.17) is 15.2 Å². The molecule has 8 nitrogen and oxygen atoms in total. The molecule has 1 saturated heterocycles. The van der Waals surface area contributed by atoms with Crippen molar-refractivity contribution in [3.8, 4) is 0 Å². The third kappa shape index (κ3) is 3.90. The first-order valence-electron chi connectivity index (χ1n) is 12.2. The van der Waals surface area contributed by atoms with Crippen molar-refractivity contribution in [2.75, 3.05) is 38.3 Å². The summed E-state index contributed by atoms with van der Waals surface area (Å²) in [5, 5.41) is 16.0. The maximum absolute atomic E-state index is 12.2. The van der Waals surface area contributed by atoms with Gasteiger partial charge in [-0.15, -0.1) is 0 Å². The van der Waals surface area contributed by atoms with Gasteiger partial charge in [-0.1, -0.05) is 13.0 Å². The third-order valence-corrected chi connectivity index (χ3v) is 7.44. The van der Waals surface area contributed by atoms with Crippen molar-refractivity contribution in [3.05, 3.63) is 46.8 Å². The molecule has 0 aliphatic carbocycles. The first kappa shape index (κ1) is 22.7. The number of aromatic nitrogens is 2. The van der Waals surface area contributed by atoms with Gasteiger partial charge in [0, 0.05) is 75.0 Å². The van der Waals surface area contributed by atoms with E-state index < -0.39 is 0 Å². The second-order valence-electron chi connectivity index (χ2n) is 9.55. The number of allylic oxidation sites excluding steroid dienone is 1. The average Bonchev–Trinajstić information content (AvgIpc) is 3.50. The molecule has 8 heteroatoms. The fourth-order valence-corrected chi connectivity index (χ4v) is 5.49. The number of rotatable bonds is 5. The second-order valence-corrected chi connectivity index (χ2v) is 9.55. The maximum Gasteiger partial charge on any atom is 0.219 e. The number of carbonyl (C=O) groups excluding carboxylic acids is 1. The van der Waals surface area contributed by atoms with Crippen LogP contribution in [0.25, 0.3) is 5.57 Å². The van der Waals surface area contributed by atoms with E-state index in [0.717, 1.165) is 55.9 Å². The van der Waals surface area contributed by atoms with Crippen molar-refractivity contribution in [2.24, 2.45) is 0 Å². The van der Waals surface area contributed by atoms with E-state index in [1.807, 2.05) is 18.1 Å². The van der Waals surface area contributed by atoms with Crippen molar-refractivity contribution in [1.82, 2.24) is 20.0 Å². The highest BCUT2D eigenvalue weighted by molar-refractivity contribution is 6.08. The lowest BCUT2D eigenvalue weighted by molar-refractivity contribution is -0.129. The molecule has 5 rings (SSSR count). The summed E-state index contributed by atoms with van der Waals surface area (Å²) in [5.74, 6) is 1.51. The number of carbonyl (C=O) groups is 1. The maximum atomic E-state index is 12.2. The van der Waals surface area contributed by atoms with Gasteiger partial charge in [0.25, 0.3) is 0 Å². The van der Waals surface area contributed by atoms with Gasteiger partial charge in [0.2, 0.25) is 5.91 Å². The highest BCUT2D eigenvalue weighted by Gasteiger charge is 2.34. The molecular weight excluding hydrogens is 428 g/mol. The van der Waals surface area contributed by atoms with E-state index in [1.165, 1.54) is 28.7 Å². The largest absolute Gasteiger partial charge is 0.393 e. The molecule has 180 valence electrons. The van der Waals surface area contributed by atoms with Crippen LogP contribution in [0.1, 0.15) is 61.0 Å². The van der Waals surface area contributed by atoms with Gasteiger partial charge in [-0.25, -0.2) is 0 Å². The molecule has 1 fully saturated rings. The van der Waals surface area contributed by atoms with E-state index in [2.05, 4.69) is 40.0 Å². The van der Waals surface area contributed by atoms with E-state index >= 15 is 0 Å². The van der Waals surface area contributed by atoms with Crippen molar-refractivity contribution < 1.29 is 9.53 Å². The van der Waals surface area contributed by atoms with Gasteiger partial charge in [-0.2, -0.15) is 5.10 Å². The molecule has 2 aromatic rings. The average molecular weight is 463 g/mol. The van der Waals surface area contributed by atoms with Crippen LogP contribution >= 0.6 is 0 Å². The van der Waals surface area contributed by atoms with Gasteiger partial charge >= 0.3 is 0 Å². The quantitative estimate of drug-likeness (QED) is 0.663. The number of amides is 1. The second kappa shape index (κ2) is 9.25. The zero-order valence-electron chi connectivity index (χ0n) is 20.3. The fraction of sp³-hybridized carbons (Fsp3) is 0.500. The number of hydrogen-bond acceptors (Lipinski definition) is 6. The van der Waals surface area contributed by atoms with Gasteiger partial charge in [0.05, 0.1) is 19.2 Å². The smallest absolute Gasteiger partial charge is 0.219 e. The van der Waals surface area contributed by atoms with Crippen LogP contribution in [0.3, 0.4) is 0 Å². The molecule has 1 aromatic heterocycles. The minimum absolute atomic E-state index is 0.112. The molecule has 0 radical (unpaired) electrons. The van der Waals surface area contributed by atoms with E-state index in [9.17, 15) is 4.79 Å². The first-order valence-corrected chi connectivity index (χ1v) is 12.2. The molecule has 0 unspecified atom stereocenters. The molecule has 0 saturated carbocycles.